The van der Waals surface area contributed by atoms with Crippen molar-refractivity contribution in [1.82, 2.24) is 9.03 Å². The highest BCUT2D eigenvalue weighted by Gasteiger charge is 2.42. The lowest BCUT2D eigenvalue weighted by Crippen LogP contribution is -2.47. The number of hydrogen-bond acceptors (Lipinski definition) is 3. The summed E-state index contributed by atoms with van der Waals surface area (Å²) in [5.74, 6) is -0.151. The van der Waals surface area contributed by atoms with Gasteiger partial charge in [-0.25, -0.2) is 9.11 Å². The van der Waals surface area contributed by atoms with Gasteiger partial charge in [-0.15, -0.1) is 0 Å². The Balaban J connectivity index is 1.59. The molecule has 0 spiro atoms. The smallest absolute Gasteiger partial charge is 0.274 e. The van der Waals surface area contributed by atoms with Crippen molar-refractivity contribution < 1.29 is 17.6 Å². The summed E-state index contributed by atoms with van der Waals surface area (Å²) in [5, 5.41) is 0. The zero-order chi connectivity index (χ0) is 14.3. The second-order valence-corrected chi connectivity index (χ2v) is 8.03. The van der Waals surface area contributed by atoms with E-state index in [2.05, 4.69) is 4.72 Å². The molecule has 1 saturated heterocycles. The summed E-state index contributed by atoms with van der Waals surface area (Å²) >= 11 is 0. The molecule has 0 aromatic rings. The first-order chi connectivity index (χ1) is 9.45. The highest BCUT2D eigenvalue weighted by atomic mass is 32.2. The molecule has 3 rings (SSSR count). The van der Waals surface area contributed by atoms with Gasteiger partial charge in [0.1, 0.15) is 6.17 Å². The standard InChI is InChI=1S/C13H21FN2O3S/c14-12-5-11(6-12)13(17)15-20(18,19)16-7-9-3-1-2-4-10(9)8-16/h9-12H,1-8H2,(H,15,17)/t9-,10+,11?,12?. The average Bonchev–Trinajstić information content (AvgIpc) is 2.79. The summed E-state index contributed by atoms with van der Waals surface area (Å²) in [5.41, 5.74) is 0. The summed E-state index contributed by atoms with van der Waals surface area (Å²) in [4.78, 5) is 11.8. The van der Waals surface area contributed by atoms with E-state index in [4.69, 9.17) is 0 Å². The Hall–Kier alpha value is -0.690. The molecule has 2 saturated carbocycles. The molecule has 1 N–H and O–H groups in total. The van der Waals surface area contributed by atoms with Crippen LogP contribution in [0.4, 0.5) is 4.39 Å². The Labute approximate surface area is 119 Å². The van der Waals surface area contributed by atoms with E-state index in [0.29, 0.717) is 24.9 Å². The number of nitrogens with one attached hydrogen (secondary N) is 1. The van der Waals surface area contributed by atoms with E-state index in [0.717, 1.165) is 12.8 Å². The van der Waals surface area contributed by atoms with Gasteiger partial charge in [0.05, 0.1) is 0 Å². The third kappa shape index (κ3) is 2.70. The molecule has 1 heterocycles. The first-order valence-corrected chi connectivity index (χ1v) is 8.85. The van der Waals surface area contributed by atoms with Crippen molar-refractivity contribution in [3.05, 3.63) is 0 Å². The van der Waals surface area contributed by atoms with E-state index < -0.39 is 28.2 Å². The summed E-state index contributed by atoms with van der Waals surface area (Å²) < 4.78 is 40.7. The lowest BCUT2D eigenvalue weighted by Gasteiger charge is -2.28. The maximum absolute atomic E-state index is 12.7. The van der Waals surface area contributed by atoms with Crippen molar-refractivity contribution in [2.24, 2.45) is 17.8 Å². The third-order valence-electron chi connectivity index (χ3n) is 4.96. The molecule has 2 atom stereocenters. The van der Waals surface area contributed by atoms with Crippen LogP contribution in [0.25, 0.3) is 0 Å². The zero-order valence-electron chi connectivity index (χ0n) is 11.4. The Kier molecular flexibility index (Phi) is 3.75. The molecule has 0 radical (unpaired) electrons. The molecule has 0 aromatic heterocycles. The van der Waals surface area contributed by atoms with Crippen LogP contribution < -0.4 is 4.72 Å². The summed E-state index contributed by atoms with van der Waals surface area (Å²) in [6.45, 7) is 1.04. The van der Waals surface area contributed by atoms with Crippen LogP contribution in [0.3, 0.4) is 0 Å². The van der Waals surface area contributed by atoms with Crippen molar-refractivity contribution in [2.45, 2.75) is 44.7 Å². The van der Waals surface area contributed by atoms with E-state index in [9.17, 15) is 17.6 Å². The van der Waals surface area contributed by atoms with E-state index in [1.807, 2.05) is 0 Å². The summed E-state index contributed by atoms with van der Waals surface area (Å²) in [6, 6.07) is 0. The number of amides is 1. The maximum atomic E-state index is 12.7. The molecule has 1 amide bonds. The Morgan fingerprint density at radius 1 is 1.10 bits per heavy atom. The van der Waals surface area contributed by atoms with Gasteiger partial charge in [0.25, 0.3) is 0 Å². The van der Waals surface area contributed by atoms with E-state index in [1.165, 1.54) is 17.1 Å². The van der Waals surface area contributed by atoms with Gasteiger partial charge in [0, 0.05) is 19.0 Å². The fourth-order valence-electron chi connectivity index (χ4n) is 3.60. The number of fused-ring (bicyclic) bond motifs is 1. The number of rotatable bonds is 3. The van der Waals surface area contributed by atoms with Gasteiger partial charge in [-0.05, 0) is 37.5 Å². The van der Waals surface area contributed by atoms with Crippen molar-refractivity contribution in [3.8, 4) is 0 Å². The van der Waals surface area contributed by atoms with Crippen LogP contribution >= 0.6 is 0 Å². The molecule has 2 aliphatic carbocycles. The molecule has 3 aliphatic rings. The first-order valence-electron chi connectivity index (χ1n) is 7.41. The van der Waals surface area contributed by atoms with Crippen molar-refractivity contribution in [3.63, 3.8) is 0 Å². The average molecular weight is 304 g/mol. The van der Waals surface area contributed by atoms with Crippen LogP contribution in [0.1, 0.15) is 38.5 Å². The van der Waals surface area contributed by atoms with Crippen LogP contribution in [-0.4, -0.2) is 37.9 Å². The second-order valence-electron chi connectivity index (χ2n) is 6.36. The van der Waals surface area contributed by atoms with Crippen LogP contribution in [-0.2, 0) is 15.0 Å². The molecule has 0 bridgehead atoms. The number of hydrogen-bond donors (Lipinski definition) is 1. The Bertz CT molecular complexity index is 476. The number of alkyl halides is 1. The largest absolute Gasteiger partial charge is 0.303 e. The topological polar surface area (TPSA) is 66.5 Å². The number of carbonyl (C=O) groups excluding carboxylic acids is 1. The summed E-state index contributed by atoms with van der Waals surface area (Å²) in [7, 11) is -3.74. The number of halogens is 1. The molecule has 5 nitrogen and oxygen atoms in total. The minimum absolute atomic E-state index is 0.145. The number of carbonyl (C=O) groups is 1. The molecule has 3 fully saturated rings. The van der Waals surface area contributed by atoms with Crippen LogP contribution in [0, 0.1) is 17.8 Å². The second kappa shape index (κ2) is 5.26. The predicted octanol–water partition coefficient (Wildman–Crippen LogP) is 1.22. The highest BCUT2D eigenvalue weighted by Crippen LogP contribution is 2.37. The molecule has 20 heavy (non-hydrogen) atoms. The normalized spacial score (nSPS) is 38.0. The van der Waals surface area contributed by atoms with Gasteiger partial charge in [0.2, 0.25) is 5.91 Å². The van der Waals surface area contributed by atoms with Crippen molar-refractivity contribution in [1.29, 1.82) is 0 Å². The monoisotopic (exact) mass is 304 g/mol. The van der Waals surface area contributed by atoms with Crippen LogP contribution in [0.2, 0.25) is 0 Å². The Morgan fingerprint density at radius 2 is 1.65 bits per heavy atom. The fourth-order valence-corrected chi connectivity index (χ4v) is 4.92. The molecule has 1 aliphatic heterocycles. The van der Waals surface area contributed by atoms with Crippen LogP contribution in [0.5, 0.6) is 0 Å². The molecular weight excluding hydrogens is 283 g/mol. The lowest BCUT2D eigenvalue weighted by atomic mass is 9.82. The van der Waals surface area contributed by atoms with E-state index in [-0.39, 0.29) is 12.8 Å². The maximum Gasteiger partial charge on any atom is 0.303 e. The van der Waals surface area contributed by atoms with Gasteiger partial charge >= 0.3 is 10.2 Å². The van der Waals surface area contributed by atoms with Gasteiger partial charge in [-0.2, -0.15) is 12.7 Å². The minimum atomic E-state index is -3.74. The van der Waals surface area contributed by atoms with Crippen molar-refractivity contribution in [2.75, 3.05) is 13.1 Å². The SMILES string of the molecule is O=C(NS(=O)(=O)N1C[C@H]2CCCC[C@H]2C1)C1CC(F)C1. The summed E-state index contributed by atoms with van der Waals surface area (Å²) in [6.07, 6.45) is 3.83. The molecule has 0 unspecified atom stereocenters. The molecular formula is C13H21FN2O3S. The highest BCUT2D eigenvalue weighted by molar-refractivity contribution is 7.87. The first kappa shape index (κ1) is 14.3. The Morgan fingerprint density at radius 3 is 2.15 bits per heavy atom. The van der Waals surface area contributed by atoms with E-state index >= 15 is 0 Å². The van der Waals surface area contributed by atoms with Crippen LogP contribution in [0.15, 0.2) is 0 Å². The fraction of sp³-hybridized carbons (Fsp3) is 0.923. The van der Waals surface area contributed by atoms with Gasteiger partial charge in [0.15, 0.2) is 0 Å². The van der Waals surface area contributed by atoms with Gasteiger partial charge < -0.3 is 0 Å². The molecule has 0 aromatic carbocycles. The molecule has 114 valence electrons. The quantitative estimate of drug-likeness (QED) is 0.852. The predicted molar refractivity (Wildman–Crippen MR) is 71.7 cm³/mol. The minimum Gasteiger partial charge on any atom is -0.274 e. The third-order valence-corrected chi connectivity index (χ3v) is 6.40. The van der Waals surface area contributed by atoms with Crippen molar-refractivity contribution >= 4 is 16.1 Å². The van der Waals surface area contributed by atoms with Gasteiger partial charge in [-0.3, -0.25) is 4.79 Å². The number of nitrogens with zero attached hydrogens (tertiary/aromatic N) is 1. The van der Waals surface area contributed by atoms with Gasteiger partial charge in [-0.1, -0.05) is 12.8 Å². The molecule has 7 heteroatoms. The zero-order valence-corrected chi connectivity index (χ0v) is 12.2. The lowest BCUT2D eigenvalue weighted by molar-refractivity contribution is -0.127. The van der Waals surface area contributed by atoms with E-state index in [1.54, 1.807) is 0 Å².